The summed E-state index contributed by atoms with van der Waals surface area (Å²) in [6.45, 7) is 13.0. The molecule has 0 spiro atoms. The van der Waals surface area contributed by atoms with Crippen LogP contribution in [0.5, 0.6) is 0 Å². The van der Waals surface area contributed by atoms with Crippen LogP contribution in [0.4, 0.5) is 11.4 Å². The van der Waals surface area contributed by atoms with E-state index in [1.54, 1.807) is 6.07 Å². The number of nitrogens with zero attached hydrogens (tertiary/aromatic N) is 1. The Labute approximate surface area is 159 Å². The minimum atomic E-state index is -1.82. The van der Waals surface area contributed by atoms with Crippen molar-refractivity contribution in [1.82, 2.24) is 0 Å². The number of nitrogens with two attached hydrogens (primary N) is 1. The molecule has 1 aliphatic rings. The Morgan fingerprint density at radius 3 is 2.56 bits per heavy atom. The van der Waals surface area contributed by atoms with E-state index in [-0.39, 0.29) is 16.7 Å². The highest BCUT2D eigenvalue weighted by atomic mass is 79.9. The zero-order valence-corrected chi connectivity index (χ0v) is 18.3. The average Bonchev–Trinajstić information content (AvgIpc) is 2.45. The fourth-order valence-corrected chi connectivity index (χ4v) is 5.01. The van der Waals surface area contributed by atoms with Gasteiger partial charge in [0.05, 0.1) is 23.0 Å². The minimum absolute atomic E-state index is 0.179. The molecule has 1 aromatic carbocycles. The molecule has 0 radical (unpaired) electrons. The van der Waals surface area contributed by atoms with Crippen molar-refractivity contribution >= 4 is 41.6 Å². The summed E-state index contributed by atoms with van der Waals surface area (Å²) in [7, 11) is -1.82. The molecule has 7 heteroatoms. The van der Waals surface area contributed by atoms with Crippen LogP contribution in [0.2, 0.25) is 18.1 Å². The van der Waals surface area contributed by atoms with Gasteiger partial charge in [0.25, 0.3) is 0 Å². The van der Waals surface area contributed by atoms with E-state index in [4.69, 9.17) is 10.2 Å². The highest BCUT2D eigenvalue weighted by molar-refractivity contribution is 9.10. The summed E-state index contributed by atoms with van der Waals surface area (Å²) in [5.41, 5.74) is 7.71. The summed E-state index contributed by atoms with van der Waals surface area (Å²) in [4.78, 5) is 13.4. The molecule has 1 saturated heterocycles. The quantitative estimate of drug-likeness (QED) is 0.535. The first-order valence-electron chi connectivity index (χ1n) is 8.67. The van der Waals surface area contributed by atoms with E-state index in [2.05, 4.69) is 54.7 Å². The number of hydrogen-bond acceptors (Lipinski definition) is 4. The molecule has 1 atom stereocenters. The molecule has 0 bridgehead atoms. The number of carboxylic acids is 1. The van der Waals surface area contributed by atoms with Crippen LogP contribution in [-0.2, 0) is 4.43 Å². The number of halogens is 1. The molecule has 0 saturated carbocycles. The van der Waals surface area contributed by atoms with Crippen LogP contribution in [0.25, 0.3) is 0 Å². The fourth-order valence-electron chi connectivity index (χ4n) is 2.91. The van der Waals surface area contributed by atoms with Crippen LogP contribution in [0, 0.1) is 0 Å². The predicted octanol–water partition coefficient (Wildman–Crippen LogP) is 4.72. The minimum Gasteiger partial charge on any atom is -0.478 e. The van der Waals surface area contributed by atoms with Crippen molar-refractivity contribution in [3.63, 3.8) is 0 Å². The van der Waals surface area contributed by atoms with Crippen LogP contribution >= 0.6 is 15.9 Å². The Morgan fingerprint density at radius 2 is 2.04 bits per heavy atom. The van der Waals surface area contributed by atoms with Gasteiger partial charge in [0.15, 0.2) is 8.32 Å². The normalized spacial score (nSPS) is 19.1. The van der Waals surface area contributed by atoms with Gasteiger partial charge in [0, 0.05) is 17.6 Å². The number of carboxylic acid groups (broad SMARTS) is 1. The Balaban J connectivity index is 2.21. The van der Waals surface area contributed by atoms with Crippen LogP contribution < -0.4 is 10.6 Å². The van der Waals surface area contributed by atoms with Crippen molar-refractivity contribution in [2.75, 3.05) is 23.7 Å². The molecule has 1 fully saturated rings. The summed E-state index contributed by atoms with van der Waals surface area (Å²) in [6, 6.07) is 3.15. The summed E-state index contributed by atoms with van der Waals surface area (Å²) in [5.74, 6) is -0.975. The van der Waals surface area contributed by atoms with Crippen LogP contribution in [0.3, 0.4) is 0 Å². The summed E-state index contributed by atoms with van der Waals surface area (Å²) in [6.07, 6.45) is 2.26. The molecule has 0 aliphatic carbocycles. The summed E-state index contributed by atoms with van der Waals surface area (Å²) < 4.78 is 7.30. The molecule has 3 N–H and O–H groups in total. The van der Waals surface area contributed by atoms with Gasteiger partial charge in [0.1, 0.15) is 0 Å². The molecular weight excluding hydrogens is 400 g/mol. The first kappa shape index (κ1) is 20.3. The number of aromatic carboxylic acids is 1. The van der Waals surface area contributed by atoms with Gasteiger partial charge in [-0.3, -0.25) is 0 Å². The summed E-state index contributed by atoms with van der Waals surface area (Å²) in [5, 5.41) is 9.35. The van der Waals surface area contributed by atoms with Gasteiger partial charge in [-0.1, -0.05) is 20.8 Å². The predicted molar refractivity (Wildman–Crippen MR) is 109 cm³/mol. The van der Waals surface area contributed by atoms with E-state index in [1.807, 2.05) is 0 Å². The number of benzene rings is 1. The van der Waals surface area contributed by atoms with Gasteiger partial charge < -0.3 is 20.2 Å². The van der Waals surface area contributed by atoms with Gasteiger partial charge in [-0.15, -0.1) is 0 Å². The molecule has 0 amide bonds. The van der Waals surface area contributed by atoms with E-state index in [0.29, 0.717) is 5.69 Å². The molecule has 1 aromatic rings. The second-order valence-electron chi connectivity index (χ2n) is 8.29. The van der Waals surface area contributed by atoms with Crippen molar-refractivity contribution in [3.05, 3.63) is 22.2 Å². The van der Waals surface area contributed by atoms with Crippen molar-refractivity contribution in [3.8, 4) is 0 Å². The Hall–Kier alpha value is -1.05. The SMILES string of the molecule is CC(C)(C)[Si](C)(C)OC1CCCN(c2c(N)cc(C(=O)O)cc2Br)C1. The number of hydrogen-bond donors (Lipinski definition) is 2. The lowest BCUT2D eigenvalue weighted by atomic mass is 10.1. The van der Waals surface area contributed by atoms with E-state index in [1.165, 1.54) is 6.07 Å². The topological polar surface area (TPSA) is 75.8 Å². The maximum absolute atomic E-state index is 11.2. The molecular formula is C18H29BrN2O3Si. The number of rotatable bonds is 4. The number of piperidine rings is 1. The lowest BCUT2D eigenvalue weighted by molar-refractivity contribution is 0.0697. The monoisotopic (exact) mass is 428 g/mol. The van der Waals surface area contributed by atoms with Gasteiger partial charge >= 0.3 is 5.97 Å². The second kappa shape index (κ2) is 7.29. The van der Waals surface area contributed by atoms with Gasteiger partial charge in [-0.05, 0) is 59.0 Å². The van der Waals surface area contributed by atoms with Crippen molar-refractivity contribution in [2.24, 2.45) is 0 Å². The molecule has 1 aliphatic heterocycles. The standard InChI is InChI=1S/C18H29BrN2O3Si/c1-18(2,3)25(4,5)24-13-7-6-8-21(11-13)16-14(19)9-12(17(22)23)10-15(16)20/h9-10,13H,6-8,11,20H2,1-5H3,(H,22,23). The first-order valence-corrected chi connectivity index (χ1v) is 12.4. The van der Waals surface area contributed by atoms with E-state index >= 15 is 0 Å². The van der Waals surface area contributed by atoms with Gasteiger partial charge in [-0.25, -0.2) is 4.79 Å². The van der Waals surface area contributed by atoms with Crippen molar-refractivity contribution in [1.29, 1.82) is 0 Å². The zero-order chi connectivity index (χ0) is 19.0. The fraction of sp³-hybridized carbons (Fsp3) is 0.611. The largest absolute Gasteiger partial charge is 0.478 e. The van der Waals surface area contributed by atoms with Crippen LogP contribution in [-0.4, -0.2) is 38.6 Å². The first-order chi connectivity index (χ1) is 11.4. The van der Waals surface area contributed by atoms with Crippen LogP contribution in [0.15, 0.2) is 16.6 Å². The smallest absolute Gasteiger partial charge is 0.335 e. The molecule has 0 aromatic heterocycles. The maximum Gasteiger partial charge on any atom is 0.335 e. The Morgan fingerprint density at radius 1 is 1.40 bits per heavy atom. The Kier molecular flexibility index (Phi) is 5.91. The van der Waals surface area contributed by atoms with Crippen LogP contribution in [0.1, 0.15) is 44.0 Å². The number of nitrogen functional groups attached to an aromatic ring is 1. The zero-order valence-electron chi connectivity index (χ0n) is 15.7. The number of carbonyl (C=O) groups is 1. The highest BCUT2D eigenvalue weighted by Crippen LogP contribution is 2.40. The second-order valence-corrected chi connectivity index (χ2v) is 13.9. The lowest BCUT2D eigenvalue weighted by Gasteiger charge is -2.43. The van der Waals surface area contributed by atoms with Crippen molar-refractivity contribution < 1.29 is 14.3 Å². The molecule has 5 nitrogen and oxygen atoms in total. The van der Waals surface area contributed by atoms with Gasteiger partial charge in [-0.2, -0.15) is 0 Å². The maximum atomic E-state index is 11.2. The third kappa shape index (κ3) is 4.57. The molecule has 140 valence electrons. The highest BCUT2D eigenvalue weighted by Gasteiger charge is 2.40. The summed E-state index contributed by atoms with van der Waals surface area (Å²) >= 11 is 3.50. The van der Waals surface area contributed by atoms with E-state index < -0.39 is 14.3 Å². The molecule has 2 rings (SSSR count). The number of anilines is 2. The van der Waals surface area contributed by atoms with E-state index in [9.17, 15) is 9.90 Å². The Bertz CT molecular complexity index is 635. The van der Waals surface area contributed by atoms with Gasteiger partial charge in [0.2, 0.25) is 0 Å². The average molecular weight is 429 g/mol. The third-order valence-corrected chi connectivity index (χ3v) is 10.4. The van der Waals surface area contributed by atoms with E-state index in [0.717, 1.165) is 36.1 Å². The molecule has 25 heavy (non-hydrogen) atoms. The van der Waals surface area contributed by atoms with Crippen molar-refractivity contribution in [2.45, 2.75) is 57.8 Å². The lowest BCUT2D eigenvalue weighted by Crippen LogP contribution is -2.49. The third-order valence-electron chi connectivity index (χ3n) is 5.30. The molecule has 1 heterocycles. The molecule has 1 unspecified atom stereocenters.